The number of hydrogen-bond acceptors (Lipinski definition) is 15. The lowest BCUT2D eigenvalue weighted by Crippen LogP contribution is -2.30. The van der Waals surface area contributed by atoms with E-state index in [1.807, 2.05) is 0 Å². The second-order valence-corrected chi connectivity index (χ2v) is 28.4. The maximum atomic E-state index is 13.0. The molecule has 17 nitrogen and oxygen atoms in total. The monoisotopic (exact) mass is 1310 g/mol. The number of carbonyl (C=O) groups excluding carboxylic acids is 4. The van der Waals surface area contributed by atoms with Crippen LogP contribution in [0.5, 0.6) is 0 Å². The number of ether oxygens (including phenoxy) is 4. The van der Waals surface area contributed by atoms with Crippen molar-refractivity contribution >= 4 is 39.5 Å². The Morgan fingerprint density at radius 3 is 0.921 bits per heavy atom. The highest BCUT2D eigenvalue weighted by molar-refractivity contribution is 7.47. The van der Waals surface area contributed by atoms with E-state index in [9.17, 15) is 43.2 Å². The van der Waals surface area contributed by atoms with Crippen molar-refractivity contribution in [3.8, 4) is 0 Å². The number of aliphatic hydroxyl groups is 1. The van der Waals surface area contributed by atoms with E-state index in [-0.39, 0.29) is 25.7 Å². The van der Waals surface area contributed by atoms with E-state index in [0.29, 0.717) is 25.7 Å². The van der Waals surface area contributed by atoms with Gasteiger partial charge >= 0.3 is 39.5 Å². The van der Waals surface area contributed by atoms with Crippen molar-refractivity contribution in [2.75, 3.05) is 39.6 Å². The molecular formula is C70H132O17P2. The third-order valence-corrected chi connectivity index (χ3v) is 17.5. The fraction of sp³-hybridized carbons (Fsp3) is 0.886. The zero-order valence-corrected chi connectivity index (χ0v) is 59.0. The Kier molecular flexibility index (Phi) is 60.0. The number of aliphatic hydroxyl groups excluding tert-OH is 1. The molecule has 0 radical (unpaired) electrons. The fourth-order valence-corrected chi connectivity index (χ4v) is 11.6. The van der Waals surface area contributed by atoms with Crippen molar-refractivity contribution < 1.29 is 80.2 Å². The zero-order valence-electron chi connectivity index (χ0n) is 57.2. The van der Waals surface area contributed by atoms with Crippen LogP contribution in [0.3, 0.4) is 0 Å². The first kappa shape index (κ1) is 86.5. The molecular weight excluding hydrogens is 1170 g/mol. The van der Waals surface area contributed by atoms with Crippen LogP contribution in [0.2, 0.25) is 0 Å². The van der Waals surface area contributed by atoms with Gasteiger partial charge in [0.15, 0.2) is 12.2 Å². The van der Waals surface area contributed by atoms with E-state index in [4.69, 9.17) is 37.0 Å². The molecule has 89 heavy (non-hydrogen) atoms. The van der Waals surface area contributed by atoms with Crippen molar-refractivity contribution in [1.29, 1.82) is 0 Å². The van der Waals surface area contributed by atoms with Crippen molar-refractivity contribution in [3.05, 3.63) is 24.3 Å². The Morgan fingerprint density at radius 2 is 0.607 bits per heavy atom. The van der Waals surface area contributed by atoms with Crippen molar-refractivity contribution in [1.82, 2.24) is 0 Å². The molecule has 0 aromatic heterocycles. The quantitative estimate of drug-likeness (QED) is 0.0169. The number of esters is 4. The van der Waals surface area contributed by atoms with Gasteiger partial charge in [0.1, 0.15) is 19.3 Å². The van der Waals surface area contributed by atoms with Crippen LogP contribution in [0.1, 0.15) is 330 Å². The molecule has 5 atom stereocenters. The zero-order chi connectivity index (χ0) is 65.7. The summed E-state index contributed by atoms with van der Waals surface area (Å²) in [6.07, 6.45) is 49.7. The Hall–Kier alpha value is -2.46. The molecule has 0 aromatic rings. The second kappa shape index (κ2) is 61.7. The molecule has 19 heteroatoms. The van der Waals surface area contributed by atoms with Crippen molar-refractivity contribution in [2.24, 2.45) is 11.8 Å². The predicted octanol–water partition coefficient (Wildman–Crippen LogP) is 19.5. The topological polar surface area (TPSA) is 237 Å². The first-order valence-corrected chi connectivity index (χ1v) is 38.8. The van der Waals surface area contributed by atoms with E-state index in [2.05, 4.69) is 65.8 Å². The van der Waals surface area contributed by atoms with Crippen LogP contribution in [0.15, 0.2) is 24.3 Å². The lowest BCUT2D eigenvalue weighted by Gasteiger charge is -2.21. The van der Waals surface area contributed by atoms with Gasteiger partial charge in [0.2, 0.25) is 0 Å². The molecule has 0 aromatic carbocycles. The molecule has 0 heterocycles. The minimum atomic E-state index is -4.96. The smallest absolute Gasteiger partial charge is 0.462 e. The largest absolute Gasteiger partial charge is 0.472 e. The summed E-state index contributed by atoms with van der Waals surface area (Å²) in [5, 5.41) is 10.6. The SMILES string of the molecule is CCCCCC/C=C\C=C/CCCCCCCC(=O)OC[C@H](COP(=O)(O)OC[C@@H](O)COP(=O)(O)OC[C@@H](COC(=O)CCCCCCC)OC(=O)CCCCCCCCCCCCC(C)C)OC(=O)CCCCCCCCCCCCCCCC(C)C. The molecule has 0 aliphatic heterocycles. The third kappa shape index (κ3) is 64.1. The van der Waals surface area contributed by atoms with Crippen molar-refractivity contribution in [2.45, 2.75) is 349 Å². The summed E-state index contributed by atoms with van der Waals surface area (Å²) in [4.78, 5) is 72.3. The number of rotatable bonds is 67. The molecule has 0 aliphatic carbocycles. The molecule has 3 N–H and O–H groups in total. The van der Waals surface area contributed by atoms with E-state index in [1.165, 1.54) is 122 Å². The van der Waals surface area contributed by atoms with Gasteiger partial charge in [-0.1, -0.05) is 278 Å². The lowest BCUT2D eigenvalue weighted by molar-refractivity contribution is -0.161. The number of phosphoric acid groups is 2. The third-order valence-electron chi connectivity index (χ3n) is 15.6. The molecule has 0 bridgehead atoms. The minimum Gasteiger partial charge on any atom is -0.462 e. The van der Waals surface area contributed by atoms with E-state index < -0.39 is 97.5 Å². The van der Waals surface area contributed by atoms with Gasteiger partial charge < -0.3 is 33.8 Å². The predicted molar refractivity (Wildman–Crippen MR) is 358 cm³/mol. The van der Waals surface area contributed by atoms with Crippen LogP contribution in [0, 0.1) is 11.8 Å². The molecule has 0 spiro atoms. The Morgan fingerprint density at radius 1 is 0.348 bits per heavy atom. The standard InChI is InChI=1S/C70H132O17P2/c1-7-9-11-13-14-15-16-17-18-21-24-30-35-41-47-53-68(73)81-59-66(87-70(75)54-48-42-36-31-25-22-19-20-23-28-33-39-44-50-62(3)4)61-85-89(78,79)83-57-64(71)56-82-88(76,77)84-60-65(58-80-67(72)52-46-38-12-10-8-2)86-69(74)55-49-43-37-32-27-26-29-34-40-45-51-63(5)6/h15-18,62-66,71H,7-14,19-61H2,1-6H3,(H,76,77)(H,78,79)/b16-15-,18-17-/t64-,65+,66+/m0/s1. The maximum absolute atomic E-state index is 13.0. The van der Waals surface area contributed by atoms with Gasteiger partial charge in [-0.05, 0) is 63.2 Å². The maximum Gasteiger partial charge on any atom is 0.472 e. The molecule has 2 unspecified atom stereocenters. The summed E-state index contributed by atoms with van der Waals surface area (Å²) in [6.45, 7) is 9.39. The summed E-state index contributed by atoms with van der Waals surface area (Å²) in [5.41, 5.74) is 0. The molecule has 0 aliphatic rings. The molecule has 524 valence electrons. The highest BCUT2D eigenvalue weighted by atomic mass is 31.2. The Bertz CT molecular complexity index is 1830. The van der Waals surface area contributed by atoms with Crippen LogP contribution in [-0.4, -0.2) is 96.7 Å². The van der Waals surface area contributed by atoms with Gasteiger partial charge in [-0.3, -0.25) is 37.3 Å². The van der Waals surface area contributed by atoms with Crippen LogP contribution < -0.4 is 0 Å². The Balaban J connectivity index is 5.20. The van der Waals surface area contributed by atoms with Crippen LogP contribution >= 0.6 is 15.6 Å². The van der Waals surface area contributed by atoms with E-state index >= 15 is 0 Å². The minimum absolute atomic E-state index is 0.100. The summed E-state index contributed by atoms with van der Waals surface area (Å²) in [7, 11) is -9.90. The number of carbonyl (C=O) groups is 4. The van der Waals surface area contributed by atoms with Crippen LogP contribution in [-0.2, 0) is 65.4 Å². The highest BCUT2D eigenvalue weighted by Gasteiger charge is 2.30. The fourth-order valence-electron chi connectivity index (χ4n) is 10.1. The van der Waals surface area contributed by atoms with Gasteiger partial charge in [0.05, 0.1) is 26.4 Å². The van der Waals surface area contributed by atoms with Crippen molar-refractivity contribution in [3.63, 3.8) is 0 Å². The average molecular weight is 1310 g/mol. The molecule has 0 rings (SSSR count). The normalized spacial score (nSPS) is 14.3. The summed E-state index contributed by atoms with van der Waals surface area (Å²) < 4.78 is 68.0. The van der Waals surface area contributed by atoms with Crippen LogP contribution in [0.25, 0.3) is 0 Å². The van der Waals surface area contributed by atoms with E-state index in [1.54, 1.807) is 0 Å². The van der Waals surface area contributed by atoms with Gasteiger partial charge in [-0.2, -0.15) is 0 Å². The molecule has 0 saturated carbocycles. The van der Waals surface area contributed by atoms with Gasteiger partial charge in [0.25, 0.3) is 0 Å². The number of phosphoric ester groups is 2. The first-order chi connectivity index (χ1) is 42.9. The molecule has 0 amide bonds. The molecule has 0 fully saturated rings. The number of unbranched alkanes of at least 4 members (excludes halogenated alkanes) is 34. The summed E-state index contributed by atoms with van der Waals surface area (Å²) >= 11 is 0. The average Bonchev–Trinajstić information content (AvgIpc) is 3.59. The Labute approximate surface area is 542 Å². The first-order valence-electron chi connectivity index (χ1n) is 35.8. The molecule has 0 saturated heterocycles. The number of allylic oxidation sites excluding steroid dienone is 4. The lowest BCUT2D eigenvalue weighted by atomic mass is 10.0. The van der Waals surface area contributed by atoms with Gasteiger partial charge in [0, 0.05) is 25.7 Å². The van der Waals surface area contributed by atoms with Gasteiger partial charge in [-0.15, -0.1) is 0 Å². The summed E-state index contributed by atoms with van der Waals surface area (Å²) in [6, 6.07) is 0. The van der Waals surface area contributed by atoms with E-state index in [0.717, 1.165) is 127 Å². The number of hydrogen-bond donors (Lipinski definition) is 3. The highest BCUT2D eigenvalue weighted by Crippen LogP contribution is 2.45. The second-order valence-electron chi connectivity index (χ2n) is 25.5. The summed E-state index contributed by atoms with van der Waals surface area (Å²) in [5.74, 6) is -0.631. The van der Waals surface area contributed by atoms with Gasteiger partial charge in [-0.25, -0.2) is 9.13 Å². The van der Waals surface area contributed by atoms with Crippen LogP contribution in [0.4, 0.5) is 0 Å².